The number of aromatic nitrogens is 1. The Labute approximate surface area is 301 Å². The van der Waals surface area contributed by atoms with Crippen LogP contribution in [0.25, 0.3) is 27.9 Å². The normalized spacial score (nSPS) is 14.3. The van der Waals surface area contributed by atoms with Crippen molar-refractivity contribution >= 4 is 50.9 Å². The number of oxazole rings is 1. The third-order valence-electron chi connectivity index (χ3n) is 8.83. The van der Waals surface area contributed by atoms with Crippen LogP contribution in [0.4, 0.5) is 11.4 Å². The molecule has 4 aromatic rings. The van der Waals surface area contributed by atoms with Gasteiger partial charge in [-0.25, -0.2) is 37.3 Å². The Bertz CT molecular complexity index is 1730. The zero-order valence-electron chi connectivity index (χ0n) is 28.7. The number of nitrogens with zero attached hydrogens (tertiary/aromatic N) is 4. The molecule has 50 heavy (non-hydrogen) atoms. The molecule has 0 unspecified atom stereocenters. The number of anilines is 2. The molecule has 16 heteroatoms. The van der Waals surface area contributed by atoms with Crippen LogP contribution in [0.2, 0.25) is 5.02 Å². The number of hydrogen-bond donors (Lipinski definition) is 0. The Morgan fingerprint density at radius 3 is 2.00 bits per heavy atom. The van der Waals surface area contributed by atoms with Gasteiger partial charge in [-0.1, -0.05) is 35.9 Å². The summed E-state index contributed by atoms with van der Waals surface area (Å²) in [6, 6.07) is 19.0. The van der Waals surface area contributed by atoms with Crippen molar-refractivity contribution in [1.29, 1.82) is 0 Å². The first-order valence-electron chi connectivity index (χ1n) is 16.1. The highest BCUT2D eigenvalue weighted by molar-refractivity contribution is 6.31. The van der Waals surface area contributed by atoms with Crippen LogP contribution in [0, 0.1) is 20.5 Å². The number of quaternary nitrogens is 1. The lowest BCUT2D eigenvalue weighted by atomic mass is 10.1. The van der Waals surface area contributed by atoms with Gasteiger partial charge in [0, 0.05) is 24.5 Å². The van der Waals surface area contributed by atoms with Crippen LogP contribution in [0.1, 0.15) is 46.9 Å². The number of rotatable bonds is 11. The molecule has 0 fully saturated rings. The second-order valence-electron chi connectivity index (χ2n) is 11.4. The van der Waals surface area contributed by atoms with Gasteiger partial charge < -0.3 is 18.7 Å². The quantitative estimate of drug-likeness (QED) is 0.127. The lowest BCUT2D eigenvalue weighted by Gasteiger charge is -2.36. The maximum absolute atomic E-state index is 8.49. The van der Waals surface area contributed by atoms with Crippen molar-refractivity contribution in [3.63, 3.8) is 0 Å². The predicted molar refractivity (Wildman–Crippen MR) is 170 cm³/mol. The smallest absolute Gasteiger partial charge is 0.374 e. The van der Waals surface area contributed by atoms with Gasteiger partial charge in [0.2, 0.25) is 5.58 Å². The Morgan fingerprint density at radius 2 is 1.42 bits per heavy atom. The molecular weight excluding hydrogens is 715 g/mol. The lowest BCUT2D eigenvalue weighted by Crippen LogP contribution is -2.68. The zero-order chi connectivity index (χ0) is 37.3. The van der Waals surface area contributed by atoms with Crippen molar-refractivity contribution in [2.24, 2.45) is 0 Å². The van der Waals surface area contributed by atoms with E-state index in [1.807, 2.05) is 6.07 Å². The molecule has 0 amide bonds. The van der Waals surface area contributed by atoms with Crippen LogP contribution >= 0.6 is 11.6 Å². The fourth-order valence-corrected chi connectivity index (χ4v) is 6.48. The van der Waals surface area contributed by atoms with Crippen LogP contribution < -0.4 is 51.6 Å². The maximum Gasteiger partial charge on any atom is 0.374 e. The molecule has 0 atom stereocenters. The summed E-state index contributed by atoms with van der Waals surface area (Å²) in [6.07, 6.45) is 7.59. The van der Waals surface area contributed by atoms with Crippen molar-refractivity contribution in [1.82, 2.24) is 0 Å². The summed E-state index contributed by atoms with van der Waals surface area (Å²) in [5.41, 5.74) is 4.47. The molecule has 0 spiro atoms. The van der Waals surface area contributed by atoms with E-state index >= 15 is 0 Å². The van der Waals surface area contributed by atoms with Gasteiger partial charge in [0.15, 0.2) is 0 Å². The lowest BCUT2D eigenvalue weighted by molar-refractivity contribution is -2.00. The number of fused-ring (bicyclic) bond motifs is 4. The van der Waals surface area contributed by atoms with Gasteiger partial charge in [-0.2, -0.15) is 4.57 Å². The third-order valence-corrected chi connectivity index (χ3v) is 9.06. The number of halogens is 3. The van der Waals surface area contributed by atoms with E-state index in [9.17, 15) is 0 Å². The predicted octanol–water partition coefficient (Wildman–Crippen LogP) is -1.50. The fourth-order valence-electron chi connectivity index (χ4n) is 6.32. The van der Waals surface area contributed by atoms with E-state index in [0.717, 1.165) is 52.6 Å². The SMILES string of the molecule is CCN1/C(=C\C=C\c2oc3ccc4ccccc4c3[n+]2CC)N(CCC[N+](CC)(CC)CC)c2ccc(Cl)cc21.[O-][Cl+3]([O-])([O-])[O-].[O-][Cl+3]([O-])([O-])[O-]. The highest BCUT2D eigenvalue weighted by Crippen LogP contribution is 2.43. The molecular formula is C34H43Cl3N4O9. The minimum Gasteiger partial charge on any atom is -0.398 e. The minimum absolute atomic E-state index is 0.770. The van der Waals surface area contributed by atoms with Crippen LogP contribution in [-0.4, -0.2) is 43.8 Å². The second-order valence-corrected chi connectivity index (χ2v) is 13.3. The summed E-state index contributed by atoms with van der Waals surface area (Å²) in [5.74, 6) is 2.04. The number of hydrogen-bond acceptors (Lipinski definition) is 11. The average Bonchev–Trinajstić information content (AvgIpc) is 3.56. The number of benzene rings is 3. The van der Waals surface area contributed by atoms with Gasteiger partial charge in [-0.15, -0.1) is 20.5 Å². The van der Waals surface area contributed by atoms with Crippen LogP contribution in [0.3, 0.4) is 0 Å². The molecule has 0 radical (unpaired) electrons. The van der Waals surface area contributed by atoms with Crippen LogP contribution in [0.5, 0.6) is 0 Å². The number of aryl methyl sites for hydroxylation is 1. The van der Waals surface area contributed by atoms with E-state index in [2.05, 4.69) is 116 Å². The summed E-state index contributed by atoms with van der Waals surface area (Å²) in [6.45, 7) is 18.7. The number of allylic oxidation sites excluding steroid dienone is 2. The molecule has 0 saturated heterocycles. The Hall–Kier alpha value is -3.02. The molecule has 0 N–H and O–H groups in total. The monoisotopic (exact) mass is 756 g/mol. The van der Waals surface area contributed by atoms with E-state index < -0.39 is 20.5 Å². The molecule has 2 heterocycles. The molecule has 0 bridgehead atoms. The maximum atomic E-state index is 8.49. The van der Waals surface area contributed by atoms with Gasteiger partial charge in [0.05, 0.1) is 49.0 Å². The first-order chi connectivity index (χ1) is 23.5. The topological polar surface area (TPSA) is 208 Å². The summed E-state index contributed by atoms with van der Waals surface area (Å²) in [4.78, 5) is 4.84. The van der Waals surface area contributed by atoms with Crippen molar-refractivity contribution in [2.75, 3.05) is 49.1 Å². The first kappa shape index (κ1) is 41.4. The molecule has 3 aromatic carbocycles. The van der Waals surface area contributed by atoms with E-state index in [1.165, 1.54) is 54.1 Å². The summed E-state index contributed by atoms with van der Waals surface area (Å²) in [5, 5.41) is 3.21. The fraction of sp³-hybridized carbons (Fsp3) is 0.382. The Kier molecular flexibility index (Phi) is 14.9. The van der Waals surface area contributed by atoms with Gasteiger partial charge >= 0.3 is 5.89 Å². The molecule has 0 saturated carbocycles. The summed E-state index contributed by atoms with van der Waals surface area (Å²) < 4.78 is 77.7. The van der Waals surface area contributed by atoms with Crippen LogP contribution in [0.15, 0.2) is 77.0 Å². The first-order valence-corrected chi connectivity index (χ1v) is 19.0. The Balaban J connectivity index is 0.000000595. The van der Waals surface area contributed by atoms with Crippen molar-refractivity contribution in [3.05, 3.63) is 83.5 Å². The summed E-state index contributed by atoms with van der Waals surface area (Å²) >= 11 is 6.46. The van der Waals surface area contributed by atoms with Crippen molar-refractivity contribution in [3.8, 4) is 0 Å². The van der Waals surface area contributed by atoms with Gasteiger partial charge in [-0.3, -0.25) is 0 Å². The Morgan fingerprint density at radius 1 is 0.800 bits per heavy atom. The van der Waals surface area contributed by atoms with Gasteiger partial charge in [-0.05, 0) is 82.5 Å². The van der Waals surface area contributed by atoms with Gasteiger partial charge in [0.25, 0.3) is 5.52 Å². The third kappa shape index (κ3) is 11.2. The average molecular weight is 758 g/mol. The molecule has 1 aromatic heterocycles. The van der Waals surface area contributed by atoms with Crippen molar-refractivity contribution < 1.29 is 71.2 Å². The summed E-state index contributed by atoms with van der Waals surface area (Å²) in [7, 11) is -9.89. The minimum atomic E-state index is -4.94. The van der Waals surface area contributed by atoms with Crippen LogP contribution in [-0.2, 0) is 6.54 Å². The molecule has 0 aliphatic carbocycles. The highest BCUT2D eigenvalue weighted by atomic mass is 35.7. The molecule has 1 aliphatic heterocycles. The highest BCUT2D eigenvalue weighted by Gasteiger charge is 2.31. The van der Waals surface area contributed by atoms with E-state index in [1.54, 1.807) is 0 Å². The largest absolute Gasteiger partial charge is 0.398 e. The molecule has 5 rings (SSSR count). The molecule has 13 nitrogen and oxygen atoms in total. The van der Waals surface area contributed by atoms with E-state index in [-0.39, 0.29) is 0 Å². The van der Waals surface area contributed by atoms with E-state index in [0.29, 0.717) is 0 Å². The van der Waals surface area contributed by atoms with E-state index in [4.69, 9.17) is 53.3 Å². The molecule has 1 aliphatic rings. The van der Waals surface area contributed by atoms with Crippen molar-refractivity contribution in [2.45, 2.75) is 47.6 Å². The van der Waals surface area contributed by atoms with Gasteiger partial charge in [0.1, 0.15) is 12.4 Å². The second kappa shape index (κ2) is 18.0. The standard InChI is InChI=1S/C34H43ClN4O.2ClHO4/c1-6-36-30-25-27(35)20-21-29(30)38(23-14-24-39(8-3,9-4)10-5)32(36)17-13-18-33-37(7-2)34-28-16-12-11-15-26(28)19-22-31(34)40-33;2*2-1(3,4)5/h11-13,15-22,25H,6-10,14,23-24H2,1-5H3;2*(H,2,3,4,5)/q+2;;/p-2. The molecule has 274 valence electrons. The zero-order valence-corrected chi connectivity index (χ0v) is 30.9.